The van der Waals surface area contributed by atoms with Crippen molar-refractivity contribution in [3.8, 4) is 5.69 Å². The lowest BCUT2D eigenvalue weighted by atomic mass is 10.2. The van der Waals surface area contributed by atoms with Crippen LogP contribution in [0, 0.1) is 0 Å². The van der Waals surface area contributed by atoms with E-state index in [1.165, 1.54) is 4.57 Å². The summed E-state index contributed by atoms with van der Waals surface area (Å²) < 4.78 is 3.16. The van der Waals surface area contributed by atoms with Crippen molar-refractivity contribution in [1.29, 1.82) is 0 Å². The third-order valence-electron chi connectivity index (χ3n) is 5.20. The largest absolute Gasteiger partial charge is 0.396 e. The van der Waals surface area contributed by atoms with Crippen molar-refractivity contribution >= 4 is 28.7 Å². The summed E-state index contributed by atoms with van der Waals surface area (Å²) in [7, 11) is 0. The molecule has 2 aromatic heterocycles. The molecule has 3 N–H and O–H groups in total. The summed E-state index contributed by atoms with van der Waals surface area (Å²) in [5.41, 5.74) is 0.102. The van der Waals surface area contributed by atoms with Crippen molar-refractivity contribution in [2.45, 2.75) is 19.4 Å². The Kier molecular flexibility index (Phi) is 5.44. The van der Waals surface area contributed by atoms with Gasteiger partial charge in [0.2, 0.25) is 5.95 Å². The first-order chi connectivity index (χ1) is 14.0. The van der Waals surface area contributed by atoms with E-state index in [2.05, 4.69) is 15.2 Å². The third kappa shape index (κ3) is 3.45. The molecular formula is C19H23ClN6O3. The number of benzene rings is 1. The molecule has 0 aliphatic carbocycles. The minimum absolute atomic E-state index is 0.0793. The Morgan fingerprint density at radius 2 is 1.97 bits per heavy atom. The van der Waals surface area contributed by atoms with Gasteiger partial charge in [-0.1, -0.05) is 23.7 Å². The number of anilines is 1. The average molecular weight is 419 g/mol. The third-order valence-corrected chi connectivity index (χ3v) is 5.52. The van der Waals surface area contributed by atoms with Crippen LogP contribution in [0.4, 0.5) is 5.95 Å². The molecule has 29 heavy (non-hydrogen) atoms. The number of aromatic nitrogens is 4. The van der Waals surface area contributed by atoms with Gasteiger partial charge in [0.1, 0.15) is 0 Å². The zero-order valence-corrected chi connectivity index (χ0v) is 16.8. The van der Waals surface area contributed by atoms with Gasteiger partial charge in [-0.3, -0.25) is 18.9 Å². The number of halogens is 1. The van der Waals surface area contributed by atoms with Crippen LogP contribution in [0.25, 0.3) is 16.9 Å². The summed E-state index contributed by atoms with van der Waals surface area (Å²) in [4.78, 5) is 34.7. The van der Waals surface area contributed by atoms with Gasteiger partial charge in [-0.2, -0.15) is 4.98 Å². The predicted octanol–water partition coefficient (Wildman–Crippen LogP) is 0.882. The molecule has 1 aliphatic rings. The molecule has 0 amide bonds. The number of hydrogen-bond acceptors (Lipinski definition) is 6. The highest BCUT2D eigenvalue weighted by Crippen LogP contribution is 2.30. The number of para-hydroxylation sites is 1. The van der Waals surface area contributed by atoms with Crippen LogP contribution in [0.5, 0.6) is 0 Å². The molecule has 3 aromatic rings. The number of aliphatic hydroxyl groups is 1. The van der Waals surface area contributed by atoms with Crippen LogP contribution in [-0.2, 0) is 0 Å². The minimum atomic E-state index is -0.542. The van der Waals surface area contributed by atoms with E-state index in [0.717, 1.165) is 13.1 Å². The van der Waals surface area contributed by atoms with E-state index in [0.29, 0.717) is 36.2 Å². The highest BCUT2D eigenvalue weighted by Gasteiger charge is 2.26. The number of aliphatic hydroxyl groups excluding tert-OH is 1. The molecule has 1 aromatic carbocycles. The Morgan fingerprint density at radius 3 is 2.66 bits per heavy atom. The normalized spacial score (nSPS) is 15.8. The molecule has 1 unspecified atom stereocenters. The Labute approximate surface area is 171 Å². The van der Waals surface area contributed by atoms with Crippen LogP contribution in [0.1, 0.15) is 19.4 Å². The van der Waals surface area contributed by atoms with Crippen LogP contribution in [0.15, 0.2) is 33.9 Å². The molecule has 1 atom stereocenters. The zero-order chi connectivity index (χ0) is 20.5. The molecule has 0 radical (unpaired) electrons. The van der Waals surface area contributed by atoms with Gasteiger partial charge in [-0.15, -0.1) is 0 Å². The predicted molar refractivity (Wildman–Crippen MR) is 112 cm³/mol. The molecule has 1 aliphatic heterocycles. The number of hydrogen-bond donors (Lipinski definition) is 3. The van der Waals surface area contributed by atoms with Crippen LogP contribution in [-0.4, -0.2) is 57.0 Å². The lowest BCUT2D eigenvalue weighted by Gasteiger charge is -2.28. The van der Waals surface area contributed by atoms with Crippen molar-refractivity contribution in [2.75, 3.05) is 37.7 Å². The monoisotopic (exact) mass is 418 g/mol. The number of H-pyrrole nitrogens is 1. The van der Waals surface area contributed by atoms with E-state index in [1.807, 2.05) is 25.1 Å². The van der Waals surface area contributed by atoms with Gasteiger partial charge in [-0.25, -0.2) is 4.79 Å². The first-order valence-electron chi connectivity index (χ1n) is 9.61. The van der Waals surface area contributed by atoms with E-state index >= 15 is 0 Å². The molecule has 0 saturated carbocycles. The van der Waals surface area contributed by atoms with E-state index in [1.54, 1.807) is 10.6 Å². The lowest BCUT2D eigenvalue weighted by Crippen LogP contribution is -2.44. The summed E-state index contributed by atoms with van der Waals surface area (Å²) in [6.45, 7) is 4.73. The summed E-state index contributed by atoms with van der Waals surface area (Å²) >= 11 is 6.47. The van der Waals surface area contributed by atoms with Gasteiger partial charge in [0, 0.05) is 38.8 Å². The standard InChI is InChI=1S/C19H23ClN6O3/c1-12(6-11-27)25-16-15(17(28)23-19(25)29)26(14-5-3-2-4-13(14)20)18(22-16)24-9-7-21-8-10-24/h2-5,12,21,27H,6-11H2,1H3,(H,23,28,29). The molecule has 1 fully saturated rings. The fourth-order valence-electron chi connectivity index (χ4n) is 3.74. The number of nitrogens with zero attached hydrogens (tertiary/aromatic N) is 4. The summed E-state index contributed by atoms with van der Waals surface area (Å²) in [5, 5.41) is 13.1. The Hall–Kier alpha value is -2.62. The second-order valence-corrected chi connectivity index (χ2v) is 7.51. The number of piperazine rings is 1. The van der Waals surface area contributed by atoms with E-state index in [9.17, 15) is 14.7 Å². The van der Waals surface area contributed by atoms with Crippen LogP contribution < -0.4 is 21.5 Å². The van der Waals surface area contributed by atoms with Crippen molar-refractivity contribution in [1.82, 2.24) is 24.4 Å². The van der Waals surface area contributed by atoms with Crippen LogP contribution >= 0.6 is 11.6 Å². The first-order valence-corrected chi connectivity index (χ1v) is 9.99. The van der Waals surface area contributed by atoms with E-state index in [4.69, 9.17) is 16.6 Å². The van der Waals surface area contributed by atoms with Crippen molar-refractivity contribution < 1.29 is 5.11 Å². The topological polar surface area (TPSA) is 108 Å². The van der Waals surface area contributed by atoms with E-state index in [-0.39, 0.29) is 23.8 Å². The summed E-state index contributed by atoms with van der Waals surface area (Å²) in [6.07, 6.45) is 0.364. The molecule has 1 saturated heterocycles. The van der Waals surface area contributed by atoms with E-state index < -0.39 is 11.2 Å². The number of rotatable bonds is 5. The van der Waals surface area contributed by atoms with Gasteiger partial charge in [0.05, 0.1) is 10.7 Å². The highest BCUT2D eigenvalue weighted by molar-refractivity contribution is 6.32. The second-order valence-electron chi connectivity index (χ2n) is 7.10. The molecule has 4 rings (SSSR count). The maximum absolute atomic E-state index is 12.9. The quantitative estimate of drug-likeness (QED) is 0.567. The smallest absolute Gasteiger partial charge is 0.330 e. The fourth-order valence-corrected chi connectivity index (χ4v) is 3.96. The molecule has 0 bridgehead atoms. The lowest BCUT2D eigenvalue weighted by molar-refractivity contribution is 0.262. The number of aromatic amines is 1. The summed E-state index contributed by atoms with van der Waals surface area (Å²) in [6, 6.07) is 6.90. The Bertz CT molecular complexity index is 1150. The molecule has 154 valence electrons. The Morgan fingerprint density at radius 1 is 1.24 bits per heavy atom. The molecule has 9 nitrogen and oxygen atoms in total. The zero-order valence-electron chi connectivity index (χ0n) is 16.1. The molecular weight excluding hydrogens is 396 g/mol. The van der Waals surface area contributed by atoms with Crippen molar-refractivity contribution in [2.24, 2.45) is 0 Å². The Balaban J connectivity index is 2.08. The van der Waals surface area contributed by atoms with Gasteiger partial charge < -0.3 is 15.3 Å². The second kappa shape index (κ2) is 8.02. The molecule has 3 heterocycles. The minimum Gasteiger partial charge on any atom is -0.396 e. The fraction of sp³-hybridized carbons (Fsp3) is 0.421. The summed E-state index contributed by atoms with van der Waals surface area (Å²) in [5.74, 6) is 0.565. The van der Waals surface area contributed by atoms with Crippen LogP contribution in [0.3, 0.4) is 0 Å². The maximum atomic E-state index is 12.9. The SMILES string of the molecule is CC(CCO)n1c(=O)[nH]c(=O)c2c1nc(N1CCNCC1)n2-c1ccccc1Cl. The molecule has 10 heteroatoms. The average Bonchev–Trinajstić information content (AvgIpc) is 3.09. The van der Waals surface area contributed by atoms with Crippen LogP contribution in [0.2, 0.25) is 5.02 Å². The molecule has 0 spiro atoms. The first kappa shape index (κ1) is 19.7. The van der Waals surface area contributed by atoms with Gasteiger partial charge in [0.25, 0.3) is 5.56 Å². The van der Waals surface area contributed by atoms with Gasteiger partial charge in [0.15, 0.2) is 11.2 Å². The van der Waals surface area contributed by atoms with Crippen molar-refractivity contribution in [3.63, 3.8) is 0 Å². The number of nitrogens with one attached hydrogen (secondary N) is 2. The maximum Gasteiger partial charge on any atom is 0.330 e. The highest BCUT2D eigenvalue weighted by atomic mass is 35.5. The van der Waals surface area contributed by atoms with Crippen molar-refractivity contribution in [3.05, 3.63) is 50.1 Å². The van der Waals surface area contributed by atoms with Gasteiger partial charge >= 0.3 is 5.69 Å². The van der Waals surface area contributed by atoms with Gasteiger partial charge in [-0.05, 0) is 25.5 Å². The number of fused-ring (bicyclic) bond motifs is 1. The number of imidazole rings is 1.